The van der Waals surface area contributed by atoms with Gasteiger partial charge in [0.2, 0.25) is 5.91 Å². The normalized spacial score (nSPS) is 13.3. The van der Waals surface area contributed by atoms with Crippen LogP contribution in [0.5, 0.6) is 0 Å². The molecule has 1 unspecified atom stereocenters. The van der Waals surface area contributed by atoms with Crippen molar-refractivity contribution in [2.75, 3.05) is 5.88 Å². The quantitative estimate of drug-likeness (QED) is 0.631. The standard InChI is InChI=1S/C5H8ClF2NO/c1-3(5(7)8)9-4(10)2-6/h3,5H,2H2,1H3,(H,9,10). The highest BCUT2D eigenvalue weighted by atomic mass is 35.5. The fourth-order valence-corrected chi connectivity index (χ4v) is 0.433. The van der Waals surface area contributed by atoms with Crippen LogP contribution in [0.1, 0.15) is 6.92 Å². The van der Waals surface area contributed by atoms with Crippen LogP contribution in [0.3, 0.4) is 0 Å². The Labute approximate surface area is 62.5 Å². The summed E-state index contributed by atoms with van der Waals surface area (Å²) < 4.78 is 23.3. The Balaban J connectivity index is 3.57. The lowest BCUT2D eigenvalue weighted by Gasteiger charge is -2.10. The minimum Gasteiger partial charge on any atom is -0.347 e. The van der Waals surface area contributed by atoms with Gasteiger partial charge in [-0.05, 0) is 6.92 Å². The van der Waals surface area contributed by atoms with E-state index in [1.54, 1.807) is 0 Å². The first-order chi connectivity index (χ1) is 4.57. The van der Waals surface area contributed by atoms with Crippen LogP contribution in [0.15, 0.2) is 0 Å². The summed E-state index contributed by atoms with van der Waals surface area (Å²) in [5, 5.41) is 2.01. The van der Waals surface area contributed by atoms with E-state index < -0.39 is 18.4 Å². The van der Waals surface area contributed by atoms with Crippen LogP contribution in [0.4, 0.5) is 8.78 Å². The maximum absolute atomic E-state index is 11.7. The molecule has 1 amide bonds. The maximum atomic E-state index is 11.7. The molecule has 0 saturated heterocycles. The number of halogens is 3. The van der Waals surface area contributed by atoms with Crippen molar-refractivity contribution < 1.29 is 13.6 Å². The van der Waals surface area contributed by atoms with Gasteiger partial charge in [-0.2, -0.15) is 0 Å². The van der Waals surface area contributed by atoms with E-state index in [-0.39, 0.29) is 5.88 Å². The van der Waals surface area contributed by atoms with Crippen LogP contribution in [0, 0.1) is 0 Å². The molecule has 0 spiro atoms. The minimum atomic E-state index is -2.54. The first-order valence-electron chi connectivity index (χ1n) is 2.71. The molecule has 0 bridgehead atoms. The topological polar surface area (TPSA) is 29.1 Å². The lowest BCUT2D eigenvalue weighted by atomic mass is 10.3. The number of carbonyl (C=O) groups excluding carboxylic acids is 1. The molecule has 2 nitrogen and oxygen atoms in total. The van der Waals surface area contributed by atoms with E-state index in [0.717, 1.165) is 0 Å². The fraction of sp³-hybridized carbons (Fsp3) is 0.800. The van der Waals surface area contributed by atoms with E-state index in [0.29, 0.717) is 0 Å². The smallest absolute Gasteiger partial charge is 0.258 e. The van der Waals surface area contributed by atoms with Crippen LogP contribution < -0.4 is 5.32 Å². The van der Waals surface area contributed by atoms with Gasteiger partial charge in [0, 0.05) is 0 Å². The molecule has 60 valence electrons. The number of hydrogen-bond acceptors (Lipinski definition) is 1. The van der Waals surface area contributed by atoms with Crippen LogP contribution in [0.2, 0.25) is 0 Å². The zero-order valence-electron chi connectivity index (χ0n) is 5.40. The van der Waals surface area contributed by atoms with Crippen molar-refractivity contribution in [2.45, 2.75) is 19.4 Å². The lowest BCUT2D eigenvalue weighted by molar-refractivity contribution is -0.120. The van der Waals surface area contributed by atoms with Crippen molar-refractivity contribution in [3.05, 3.63) is 0 Å². The Morgan fingerprint density at radius 2 is 2.20 bits per heavy atom. The lowest BCUT2D eigenvalue weighted by Crippen LogP contribution is -2.38. The SMILES string of the molecule is CC(NC(=O)CCl)C(F)F. The van der Waals surface area contributed by atoms with E-state index in [4.69, 9.17) is 11.6 Å². The highest BCUT2D eigenvalue weighted by molar-refractivity contribution is 6.27. The van der Waals surface area contributed by atoms with E-state index in [1.165, 1.54) is 6.92 Å². The molecule has 1 atom stereocenters. The second-order valence-corrected chi connectivity index (χ2v) is 2.09. The number of rotatable bonds is 3. The van der Waals surface area contributed by atoms with Crippen molar-refractivity contribution in [3.63, 3.8) is 0 Å². The highest BCUT2D eigenvalue weighted by Crippen LogP contribution is 1.98. The van der Waals surface area contributed by atoms with Gasteiger partial charge in [0.05, 0.1) is 6.04 Å². The van der Waals surface area contributed by atoms with Crippen molar-refractivity contribution >= 4 is 17.5 Å². The number of carbonyl (C=O) groups is 1. The third-order valence-electron chi connectivity index (χ3n) is 0.888. The first kappa shape index (κ1) is 9.62. The van der Waals surface area contributed by atoms with Gasteiger partial charge < -0.3 is 5.32 Å². The molecular weight excluding hydrogens is 164 g/mol. The third kappa shape index (κ3) is 3.61. The average Bonchev–Trinajstić information content (AvgIpc) is 1.87. The van der Waals surface area contributed by atoms with Gasteiger partial charge in [0.25, 0.3) is 6.43 Å². The fourth-order valence-electron chi connectivity index (χ4n) is 0.356. The van der Waals surface area contributed by atoms with Crippen molar-refractivity contribution in [1.82, 2.24) is 5.32 Å². The minimum absolute atomic E-state index is 0.281. The van der Waals surface area contributed by atoms with Gasteiger partial charge in [-0.25, -0.2) is 8.78 Å². The maximum Gasteiger partial charge on any atom is 0.258 e. The molecule has 0 aromatic carbocycles. The van der Waals surface area contributed by atoms with Gasteiger partial charge in [-0.3, -0.25) is 4.79 Å². The molecule has 0 aliphatic rings. The van der Waals surface area contributed by atoms with Gasteiger partial charge in [0.15, 0.2) is 0 Å². The van der Waals surface area contributed by atoms with Crippen molar-refractivity contribution in [2.24, 2.45) is 0 Å². The second-order valence-electron chi connectivity index (χ2n) is 1.82. The number of nitrogens with one attached hydrogen (secondary N) is 1. The van der Waals surface area contributed by atoms with E-state index >= 15 is 0 Å². The zero-order valence-corrected chi connectivity index (χ0v) is 6.16. The summed E-state index contributed by atoms with van der Waals surface area (Å²) in [5.41, 5.74) is 0. The zero-order chi connectivity index (χ0) is 8.15. The Hall–Kier alpha value is -0.380. The molecule has 10 heavy (non-hydrogen) atoms. The van der Waals surface area contributed by atoms with Crippen molar-refractivity contribution in [3.8, 4) is 0 Å². The molecule has 0 rings (SSSR count). The summed E-state index contributed by atoms with van der Waals surface area (Å²) >= 11 is 5.04. The number of alkyl halides is 3. The summed E-state index contributed by atoms with van der Waals surface area (Å²) in [6.45, 7) is 1.22. The Kier molecular flexibility index (Phi) is 4.27. The van der Waals surface area contributed by atoms with Gasteiger partial charge >= 0.3 is 0 Å². The molecule has 0 radical (unpaired) electrons. The van der Waals surface area contributed by atoms with Crippen molar-refractivity contribution in [1.29, 1.82) is 0 Å². The summed E-state index contributed by atoms with van der Waals surface area (Å²) in [7, 11) is 0. The predicted molar refractivity (Wildman–Crippen MR) is 34.3 cm³/mol. The van der Waals surface area contributed by atoms with Gasteiger partial charge in [-0.1, -0.05) is 0 Å². The van der Waals surface area contributed by atoms with Crippen LogP contribution in [-0.4, -0.2) is 24.3 Å². The Morgan fingerprint density at radius 3 is 2.50 bits per heavy atom. The first-order valence-corrected chi connectivity index (χ1v) is 3.25. The van der Waals surface area contributed by atoms with E-state index in [2.05, 4.69) is 0 Å². The Morgan fingerprint density at radius 1 is 1.70 bits per heavy atom. The Bertz CT molecular complexity index is 120. The van der Waals surface area contributed by atoms with Crippen LogP contribution >= 0.6 is 11.6 Å². The third-order valence-corrected chi connectivity index (χ3v) is 1.13. The molecule has 0 aliphatic heterocycles. The summed E-state index contributed by atoms with van der Waals surface area (Å²) in [6.07, 6.45) is -2.54. The van der Waals surface area contributed by atoms with Crippen LogP contribution in [0.25, 0.3) is 0 Å². The monoisotopic (exact) mass is 171 g/mol. The highest BCUT2D eigenvalue weighted by Gasteiger charge is 2.15. The molecule has 0 aromatic heterocycles. The largest absolute Gasteiger partial charge is 0.347 e. The van der Waals surface area contributed by atoms with Gasteiger partial charge in [0.1, 0.15) is 5.88 Å². The molecule has 0 aromatic rings. The molecule has 5 heteroatoms. The van der Waals surface area contributed by atoms with Gasteiger partial charge in [-0.15, -0.1) is 11.6 Å². The van der Waals surface area contributed by atoms with Crippen LogP contribution in [-0.2, 0) is 4.79 Å². The molecule has 0 heterocycles. The molecule has 1 N–H and O–H groups in total. The summed E-state index contributed by atoms with van der Waals surface area (Å²) in [5.74, 6) is -0.855. The predicted octanol–water partition coefficient (Wildman–Crippen LogP) is 0.995. The van der Waals surface area contributed by atoms with E-state index in [1.807, 2.05) is 5.32 Å². The summed E-state index contributed by atoms with van der Waals surface area (Å²) in [6, 6.07) is -1.12. The number of hydrogen-bond donors (Lipinski definition) is 1. The van der Waals surface area contributed by atoms with E-state index in [9.17, 15) is 13.6 Å². The molecular formula is C5H8ClF2NO. The molecule has 0 aliphatic carbocycles. The number of amides is 1. The second kappa shape index (κ2) is 4.44. The molecule has 0 saturated carbocycles. The average molecular weight is 172 g/mol. The summed E-state index contributed by atoms with van der Waals surface area (Å²) in [4.78, 5) is 10.4. The molecule has 0 fully saturated rings.